The van der Waals surface area contributed by atoms with Crippen molar-refractivity contribution in [2.45, 2.75) is 61.2 Å². The number of hydrogen-bond donors (Lipinski definition) is 8. The van der Waals surface area contributed by atoms with Crippen LogP contribution < -0.4 is 0 Å². The van der Waals surface area contributed by atoms with E-state index in [0.717, 1.165) is 0 Å². The van der Waals surface area contributed by atoms with Crippen LogP contribution in [0.3, 0.4) is 0 Å². The zero-order valence-corrected chi connectivity index (χ0v) is 15.3. The average molecular weight is 418 g/mol. The third kappa shape index (κ3) is 4.39. The highest BCUT2D eigenvalue weighted by Gasteiger charge is 2.50. The fourth-order valence-electron chi connectivity index (χ4n) is 3.52. The number of ether oxygens (including phenoxy) is 3. The topological polar surface area (TPSA) is 190 Å². The second-order valence-corrected chi connectivity index (χ2v) is 7.15. The molecule has 2 saturated heterocycles. The van der Waals surface area contributed by atoms with Crippen LogP contribution in [0, 0.1) is 0 Å². The molecule has 0 radical (unpaired) electrons. The van der Waals surface area contributed by atoms with Gasteiger partial charge in [0.05, 0.1) is 13.2 Å². The molecule has 0 amide bonds. The number of aliphatic hydroxyl groups is 7. The lowest BCUT2D eigenvalue weighted by Gasteiger charge is -2.46. The highest BCUT2D eigenvalue weighted by molar-refractivity contribution is 5.28. The summed E-state index contributed by atoms with van der Waals surface area (Å²) in [6, 6.07) is 5.72. The molecule has 29 heavy (non-hydrogen) atoms. The number of aliphatic hydroxyl groups excluding tert-OH is 7. The number of benzene rings is 1. The van der Waals surface area contributed by atoms with Crippen molar-refractivity contribution in [3.8, 4) is 5.75 Å². The van der Waals surface area contributed by atoms with E-state index in [2.05, 4.69) is 0 Å². The Morgan fingerprint density at radius 2 is 1.31 bits per heavy atom. The van der Waals surface area contributed by atoms with Crippen LogP contribution in [0.2, 0.25) is 0 Å². The molecule has 164 valence electrons. The Balaban J connectivity index is 1.82. The molecule has 10 atom stereocenters. The van der Waals surface area contributed by atoms with Crippen molar-refractivity contribution in [1.29, 1.82) is 0 Å². The molecule has 8 N–H and O–H groups in total. The van der Waals surface area contributed by atoms with Gasteiger partial charge < -0.3 is 55.1 Å². The van der Waals surface area contributed by atoms with Crippen LogP contribution in [0.15, 0.2) is 24.3 Å². The van der Waals surface area contributed by atoms with Crippen LogP contribution >= 0.6 is 0 Å². The monoisotopic (exact) mass is 418 g/mol. The van der Waals surface area contributed by atoms with Crippen LogP contribution in [0.25, 0.3) is 0 Å². The molecule has 0 aliphatic carbocycles. The van der Waals surface area contributed by atoms with Crippen molar-refractivity contribution in [3.05, 3.63) is 29.8 Å². The van der Waals surface area contributed by atoms with E-state index in [1.807, 2.05) is 0 Å². The maximum absolute atomic E-state index is 10.7. The van der Waals surface area contributed by atoms with Crippen LogP contribution in [-0.2, 0) is 14.2 Å². The van der Waals surface area contributed by atoms with Crippen molar-refractivity contribution < 1.29 is 55.1 Å². The summed E-state index contributed by atoms with van der Waals surface area (Å²) < 4.78 is 16.4. The molecular weight excluding hydrogens is 392 g/mol. The first-order valence-corrected chi connectivity index (χ1v) is 9.15. The van der Waals surface area contributed by atoms with Crippen LogP contribution in [0.5, 0.6) is 5.75 Å². The van der Waals surface area contributed by atoms with E-state index >= 15 is 0 Å². The normalized spacial score (nSPS) is 43.3. The quantitative estimate of drug-likeness (QED) is 0.239. The third-order valence-electron chi connectivity index (χ3n) is 5.23. The summed E-state index contributed by atoms with van der Waals surface area (Å²) in [5, 5.41) is 79.4. The van der Waals surface area contributed by atoms with E-state index in [1.54, 1.807) is 0 Å². The van der Waals surface area contributed by atoms with E-state index in [0.29, 0.717) is 5.56 Å². The average Bonchev–Trinajstić information content (AvgIpc) is 2.72. The van der Waals surface area contributed by atoms with Gasteiger partial charge in [-0.25, -0.2) is 0 Å². The van der Waals surface area contributed by atoms with Gasteiger partial charge in [-0.3, -0.25) is 0 Å². The SMILES string of the molecule is OCC1OC(OC2C(O)C(CO)OC(c3ccc(O)cc3)C2O)C(O)C(O)C1O. The van der Waals surface area contributed by atoms with Crippen molar-refractivity contribution in [1.82, 2.24) is 0 Å². The van der Waals surface area contributed by atoms with Gasteiger partial charge in [0, 0.05) is 0 Å². The Kier molecular flexibility index (Phi) is 7.06. The molecule has 0 spiro atoms. The number of rotatable bonds is 5. The Morgan fingerprint density at radius 1 is 0.724 bits per heavy atom. The predicted octanol–water partition coefficient (Wildman–Crippen LogP) is -3.27. The summed E-state index contributed by atoms with van der Waals surface area (Å²) >= 11 is 0. The zero-order chi connectivity index (χ0) is 21.3. The highest BCUT2D eigenvalue weighted by Crippen LogP contribution is 2.36. The number of hydrogen-bond acceptors (Lipinski definition) is 11. The lowest BCUT2D eigenvalue weighted by atomic mass is 9.90. The predicted molar refractivity (Wildman–Crippen MR) is 93.5 cm³/mol. The first-order chi connectivity index (χ1) is 13.8. The summed E-state index contributed by atoms with van der Waals surface area (Å²) in [5.41, 5.74) is 0.433. The van der Waals surface area contributed by atoms with E-state index < -0.39 is 74.4 Å². The molecule has 1 aromatic rings. The lowest BCUT2D eigenvalue weighted by Crippen LogP contribution is -2.63. The second-order valence-electron chi connectivity index (χ2n) is 7.15. The molecule has 10 unspecified atom stereocenters. The lowest BCUT2D eigenvalue weighted by molar-refractivity contribution is -0.342. The summed E-state index contributed by atoms with van der Waals surface area (Å²) in [4.78, 5) is 0. The smallest absolute Gasteiger partial charge is 0.187 e. The largest absolute Gasteiger partial charge is 0.508 e. The minimum atomic E-state index is -1.73. The van der Waals surface area contributed by atoms with E-state index in [-0.39, 0.29) is 5.75 Å². The van der Waals surface area contributed by atoms with Gasteiger partial charge in [0.2, 0.25) is 0 Å². The molecule has 0 saturated carbocycles. The minimum absolute atomic E-state index is 0.00749. The second kappa shape index (κ2) is 9.18. The van der Waals surface area contributed by atoms with E-state index in [4.69, 9.17) is 14.2 Å². The molecule has 11 heteroatoms. The third-order valence-corrected chi connectivity index (χ3v) is 5.23. The fraction of sp³-hybridized carbons (Fsp3) is 0.667. The molecule has 2 aliphatic rings. The van der Waals surface area contributed by atoms with Crippen molar-refractivity contribution >= 4 is 0 Å². The van der Waals surface area contributed by atoms with Gasteiger partial charge in [-0.15, -0.1) is 0 Å². The van der Waals surface area contributed by atoms with Crippen LogP contribution in [-0.4, -0.2) is 109 Å². The van der Waals surface area contributed by atoms with Gasteiger partial charge in [-0.1, -0.05) is 12.1 Å². The van der Waals surface area contributed by atoms with Gasteiger partial charge in [-0.05, 0) is 17.7 Å². The first kappa shape index (κ1) is 22.3. The summed E-state index contributed by atoms with van der Waals surface area (Å²) in [6.07, 6.45) is -14.4. The van der Waals surface area contributed by atoms with Crippen molar-refractivity contribution in [2.24, 2.45) is 0 Å². The van der Waals surface area contributed by atoms with Crippen molar-refractivity contribution in [2.75, 3.05) is 13.2 Å². The van der Waals surface area contributed by atoms with E-state index in [1.165, 1.54) is 24.3 Å². The summed E-state index contributed by atoms with van der Waals surface area (Å²) in [7, 11) is 0. The summed E-state index contributed by atoms with van der Waals surface area (Å²) in [6.45, 7) is -1.27. The maximum atomic E-state index is 10.7. The molecule has 2 aliphatic heterocycles. The molecule has 0 bridgehead atoms. The Morgan fingerprint density at radius 3 is 1.90 bits per heavy atom. The minimum Gasteiger partial charge on any atom is -0.508 e. The van der Waals surface area contributed by atoms with Gasteiger partial charge in [0.15, 0.2) is 6.29 Å². The number of phenols is 1. The standard InChI is InChI=1S/C18H26O11/c19-5-9-11(22)13(24)14(25)18(28-9)29-17-12(23)10(6-20)27-16(15(17)26)7-1-3-8(21)4-2-7/h1-4,9-26H,5-6H2. The van der Waals surface area contributed by atoms with Gasteiger partial charge in [-0.2, -0.15) is 0 Å². The zero-order valence-electron chi connectivity index (χ0n) is 15.3. The Hall–Kier alpha value is -1.38. The molecular formula is C18H26O11. The molecule has 1 aromatic carbocycles. The molecule has 2 fully saturated rings. The molecule has 0 aromatic heterocycles. The fourth-order valence-corrected chi connectivity index (χ4v) is 3.52. The molecule has 2 heterocycles. The Labute approximate surface area is 165 Å². The maximum Gasteiger partial charge on any atom is 0.187 e. The van der Waals surface area contributed by atoms with Crippen LogP contribution in [0.4, 0.5) is 0 Å². The first-order valence-electron chi connectivity index (χ1n) is 9.15. The van der Waals surface area contributed by atoms with Gasteiger partial charge in [0.1, 0.15) is 60.7 Å². The van der Waals surface area contributed by atoms with Gasteiger partial charge in [0.25, 0.3) is 0 Å². The van der Waals surface area contributed by atoms with Crippen LogP contribution in [0.1, 0.15) is 11.7 Å². The number of phenolic OH excluding ortho intramolecular Hbond substituents is 1. The molecule has 11 nitrogen and oxygen atoms in total. The van der Waals surface area contributed by atoms with E-state index in [9.17, 15) is 40.9 Å². The van der Waals surface area contributed by atoms with Crippen molar-refractivity contribution in [3.63, 3.8) is 0 Å². The Bertz CT molecular complexity index is 654. The number of aromatic hydroxyl groups is 1. The highest BCUT2D eigenvalue weighted by atomic mass is 16.7. The summed E-state index contributed by atoms with van der Waals surface area (Å²) in [5.74, 6) is -0.00749. The van der Waals surface area contributed by atoms with Gasteiger partial charge >= 0.3 is 0 Å². The molecule has 3 rings (SSSR count).